The predicted octanol–water partition coefficient (Wildman–Crippen LogP) is 1.53. The molecular formula is C12H16FN3O2. The smallest absolute Gasteiger partial charge is 0.272 e. The fraction of sp³-hybridized carbons (Fsp3) is 0.500. The number of nitro benzene ring substituents is 1. The molecule has 0 aliphatic carbocycles. The van der Waals surface area contributed by atoms with Gasteiger partial charge < -0.3 is 5.32 Å². The van der Waals surface area contributed by atoms with E-state index in [4.69, 9.17) is 0 Å². The number of nitro groups is 1. The first kappa shape index (κ1) is 12.9. The van der Waals surface area contributed by atoms with Gasteiger partial charge in [0.25, 0.3) is 5.69 Å². The second kappa shape index (κ2) is 5.41. The molecule has 0 bridgehead atoms. The van der Waals surface area contributed by atoms with E-state index in [1.165, 1.54) is 12.1 Å². The van der Waals surface area contributed by atoms with Gasteiger partial charge in [-0.2, -0.15) is 0 Å². The summed E-state index contributed by atoms with van der Waals surface area (Å²) >= 11 is 0. The molecule has 1 atom stereocenters. The predicted molar refractivity (Wildman–Crippen MR) is 65.8 cm³/mol. The van der Waals surface area contributed by atoms with Gasteiger partial charge in [0.15, 0.2) is 0 Å². The molecule has 18 heavy (non-hydrogen) atoms. The van der Waals surface area contributed by atoms with Gasteiger partial charge in [0.2, 0.25) is 0 Å². The summed E-state index contributed by atoms with van der Waals surface area (Å²) in [6.45, 7) is 5.20. The number of benzene rings is 1. The molecule has 1 aliphatic heterocycles. The van der Waals surface area contributed by atoms with Crippen molar-refractivity contribution < 1.29 is 9.31 Å². The van der Waals surface area contributed by atoms with Crippen LogP contribution in [-0.2, 0) is 6.54 Å². The molecule has 98 valence electrons. The molecule has 1 N–H and O–H groups in total. The third kappa shape index (κ3) is 2.83. The molecule has 0 radical (unpaired) electrons. The minimum Gasteiger partial charge on any atom is -0.314 e. The second-order valence-electron chi connectivity index (χ2n) is 4.56. The molecule has 1 aliphatic rings. The summed E-state index contributed by atoms with van der Waals surface area (Å²) in [5.41, 5.74) is 0.305. The first-order chi connectivity index (χ1) is 8.58. The van der Waals surface area contributed by atoms with Crippen molar-refractivity contribution in [1.29, 1.82) is 0 Å². The first-order valence-corrected chi connectivity index (χ1v) is 5.95. The van der Waals surface area contributed by atoms with Crippen molar-refractivity contribution >= 4 is 5.69 Å². The van der Waals surface area contributed by atoms with E-state index in [0.717, 1.165) is 25.7 Å². The molecule has 1 heterocycles. The zero-order chi connectivity index (χ0) is 13.1. The fourth-order valence-electron chi connectivity index (χ4n) is 2.11. The Labute approximate surface area is 105 Å². The summed E-state index contributed by atoms with van der Waals surface area (Å²) in [7, 11) is 0. The number of hydrogen-bond acceptors (Lipinski definition) is 4. The van der Waals surface area contributed by atoms with Crippen molar-refractivity contribution in [2.24, 2.45) is 0 Å². The number of hydrogen-bond donors (Lipinski definition) is 1. The Morgan fingerprint density at radius 3 is 3.00 bits per heavy atom. The second-order valence-corrected chi connectivity index (χ2v) is 4.56. The Balaban J connectivity index is 2.11. The minimum atomic E-state index is -0.583. The molecule has 0 spiro atoms. The quantitative estimate of drug-likeness (QED) is 0.655. The zero-order valence-corrected chi connectivity index (χ0v) is 10.2. The fourth-order valence-corrected chi connectivity index (χ4v) is 2.11. The number of halogens is 1. The SMILES string of the molecule is C[C@@H]1CNCCN1Cc1ccc([N+](=O)[O-])cc1F. The van der Waals surface area contributed by atoms with E-state index in [2.05, 4.69) is 17.1 Å². The highest BCUT2D eigenvalue weighted by Gasteiger charge is 2.20. The Hall–Kier alpha value is -1.53. The summed E-state index contributed by atoms with van der Waals surface area (Å²) in [4.78, 5) is 12.1. The zero-order valence-electron chi connectivity index (χ0n) is 10.2. The molecule has 5 nitrogen and oxygen atoms in total. The van der Waals surface area contributed by atoms with Crippen LogP contribution in [0.4, 0.5) is 10.1 Å². The van der Waals surface area contributed by atoms with Crippen LogP contribution in [0.15, 0.2) is 18.2 Å². The van der Waals surface area contributed by atoms with E-state index in [0.29, 0.717) is 18.2 Å². The molecule has 0 unspecified atom stereocenters. The lowest BCUT2D eigenvalue weighted by Crippen LogP contribution is -2.49. The topological polar surface area (TPSA) is 58.4 Å². The monoisotopic (exact) mass is 253 g/mol. The maximum absolute atomic E-state index is 13.7. The van der Waals surface area contributed by atoms with Gasteiger partial charge in [-0.3, -0.25) is 15.0 Å². The van der Waals surface area contributed by atoms with Crippen LogP contribution in [0.2, 0.25) is 0 Å². The van der Waals surface area contributed by atoms with Crippen molar-refractivity contribution in [3.8, 4) is 0 Å². The molecule has 1 aromatic rings. The van der Waals surface area contributed by atoms with E-state index in [1.807, 2.05) is 0 Å². The van der Waals surface area contributed by atoms with Crippen LogP contribution in [0.3, 0.4) is 0 Å². The van der Waals surface area contributed by atoms with Crippen molar-refractivity contribution in [2.45, 2.75) is 19.5 Å². The normalized spacial score (nSPS) is 20.9. The lowest BCUT2D eigenvalue weighted by Gasteiger charge is -2.33. The van der Waals surface area contributed by atoms with E-state index < -0.39 is 10.7 Å². The summed E-state index contributed by atoms with van der Waals surface area (Å²) < 4.78 is 13.7. The largest absolute Gasteiger partial charge is 0.314 e. The molecule has 0 saturated carbocycles. The Bertz CT molecular complexity index is 453. The van der Waals surface area contributed by atoms with Gasteiger partial charge in [-0.25, -0.2) is 4.39 Å². The number of non-ortho nitro benzene ring substituents is 1. The molecule has 0 amide bonds. The van der Waals surface area contributed by atoms with E-state index in [1.54, 1.807) is 0 Å². The highest BCUT2D eigenvalue weighted by Crippen LogP contribution is 2.19. The van der Waals surface area contributed by atoms with Crippen LogP contribution in [0.5, 0.6) is 0 Å². The molecular weight excluding hydrogens is 237 g/mol. The van der Waals surface area contributed by atoms with Gasteiger partial charge in [-0.15, -0.1) is 0 Å². The van der Waals surface area contributed by atoms with E-state index >= 15 is 0 Å². The van der Waals surface area contributed by atoms with Crippen molar-refractivity contribution in [2.75, 3.05) is 19.6 Å². The van der Waals surface area contributed by atoms with Gasteiger partial charge in [-0.1, -0.05) is 0 Å². The average Bonchev–Trinajstić information content (AvgIpc) is 2.34. The first-order valence-electron chi connectivity index (χ1n) is 5.95. The lowest BCUT2D eigenvalue weighted by molar-refractivity contribution is -0.385. The highest BCUT2D eigenvalue weighted by atomic mass is 19.1. The van der Waals surface area contributed by atoms with Gasteiger partial charge in [0.1, 0.15) is 5.82 Å². The average molecular weight is 253 g/mol. The Morgan fingerprint density at radius 2 is 2.39 bits per heavy atom. The van der Waals surface area contributed by atoms with Crippen LogP contribution in [-0.4, -0.2) is 35.5 Å². The summed E-state index contributed by atoms with van der Waals surface area (Å²) in [6.07, 6.45) is 0. The molecule has 2 rings (SSSR count). The molecule has 6 heteroatoms. The number of nitrogens with zero attached hydrogens (tertiary/aromatic N) is 2. The Kier molecular flexibility index (Phi) is 3.88. The summed E-state index contributed by atoms with van der Waals surface area (Å²) in [5.74, 6) is -0.505. The van der Waals surface area contributed by atoms with Crippen LogP contribution in [0.25, 0.3) is 0 Å². The maximum Gasteiger partial charge on any atom is 0.272 e. The maximum atomic E-state index is 13.7. The van der Waals surface area contributed by atoms with Crippen LogP contribution >= 0.6 is 0 Å². The summed E-state index contributed by atoms with van der Waals surface area (Å²) in [5, 5.41) is 13.8. The van der Waals surface area contributed by atoms with Crippen LogP contribution < -0.4 is 5.32 Å². The standard InChI is InChI=1S/C12H16FN3O2/c1-9-7-14-4-5-15(9)8-10-2-3-11(16(17)18)6-12(10)13/h2-3,6,9,14H,4-5,7-8H2,1H3/t9-/m1/s1. The van der Waals surface area contributed by atoms with Crippen LogP contribution in [0.1, 0.15) is 12.5 Å². The van der Waals surface area contributed by atoms with E-state index in [9.17, 15) is 14.5 Å². The van der Waals surface area contributed by atoms with Crippen molar-refractivity contribution in [3.63, 3.8) is 0 Å². The third-order valence-corrected chi connectivity index (χ3v) is 3.26. The molecule has 0 aromatic heterocycles. The lowest BCUT2D eigenvalue weighted by atomic mass is 10.1. The summed E-state index contributed by atoms with van der Waals surface area (Å²) in [6, 6.07) is 4.18. The third-order valence-electron chi connectivity index (χ3n) is 3.26. The molecule has 1 aromatic carbocycles. The van der Waals surface area contributed by atoms with Gasteiger partial charge >= 0.3 is 0 Å². The van der Waals surface area contributed by atoms with Gasteiger partial charge in [-0.05, 0) is 13.0 Å². The number of nitrogens with one attached hydrogen (secondary N) is 1. The van der Waals surface area contributed by atoms with Crippen molar-refractivity contribution in [1.82, 2.24) is 10.2 Å². The van der Waals surface area contributed by atoms with E-state index in [-0.39, 0.29) is 5.69 Å². The van der Waals surface area contributed by atoms with Crippen LogP contribution in [0, 0.1) is 15.9 Å². The minimum absolute atomic E-state index is 0.204. The van der Waals surface area contributed by atoms with Gasteiger partial charge in [0.05, 0.1) is 11.0 Å². The van der Waals surface area contributed by atoms with Crippen molar-refractivity contribution in [3.05, 3.63) is 39.7 Å². The number of rotatable bonds is 3. The molecule has 1 fully saturated rings. The Morgan fingerprint density at radius 1 is 1.61 bits per heavy atom. The number of piperazine rings is 1. The molecule has 1 saturated heterocycles. The highest BCUT2D eigenvalue weighted by molar-refractivity contribution is 5.34. The van der Waals surface area contributed by atoms with Gasteiger partial charge in [0, 0.05) is 43.9 Å².